The zero-order chi connectivity index (χ0) is 15.7. The first-order chi connectivity index (χ1) is 10.1. The largest absolute Gasteiger partial charge is 0.362 e. The summed E-state index contributed by atoms with van der Waals surface area (Å²) in [6.07, 6.45) is 2.17. The molecule has 0 saturated carbocycles. The molecule has 0 bridgehead atoms. The average molecular weight is 291 g/mol. The van der Waals surface area contributed by atoms with Gasteiger partial charge in [0.05, 0.1) is 6.54 Å². The second kappa shape index (κ2) is 9.40. The molecule has 118 valence electrons. The topological polar surface area (TPSA) is 44.4 Å². The highest BCUT2D eigenvalue weighted by atomic mass is 16.1. The van der Waals surface area contributed by atoms with Gasteiger partial charge in [0.15, 0.2) is 0 Å². The second-order valence-electron chi connectivity index (χ2n) is 5.38. The van der Waals surface area contributed by atoms with Gasteiger partial charge in [-0.1, -0.05) is 19.9 Å². The van der Waals surface area contributed by atoms with Gasteiger partial charge in [0.1, 0.15) is 0 Å². The average Bonchev–Trinajstić information content (AvgIpc) is 2.48. The van der Waals surface area contributed by atoms with E-state index in [0.717, 1.165) is 38.2 Å². The van der Waals surface area contributed by atoms with Gasteiger partial charge >= 0.3 is 0 Å². The van der Waals surface area contributed by atoms with Gasteiger partial charge in [-0.15, -0.1) is 0 Å². The van der Waals surface area contributed by atoms with Crippen molar-refractivity contribution < 1.29 is 4.79 Å². The molecule has 0 saturated heterocycles. The summed E-state index contributed by atoms with van der Waals surface area (Å²) < 4.78 is 0. The lowest BCUT2D eigenvalue weighted by atomic mass is 10.1. The summed E-state index contributed by atoms with van der Waals surface area (Å²) in [6.45, 7) is 9.69. The van der Waals surface area contributed by atoms with Crippen molar-refractivity contribution in [3.8, 4) is 0 Å². The van der Waals surface area contributed by atoms with Crippen LogP contribution in [0.5, 0.6) is 0 Å². The van der Waals surface area contributed by atoms with Crippen LogP contribution in [-0.2, 0) is 11.3 Å². The summed E-state index contributed by atoms with van der Waals surface area (Å²) in [7, 11) is 1.68. The van der Waals surface area contributed by atoms with Crippen molar-refractivity contribution in [3.05, 3.63) is 29.3 Å². The van der Waals surface area contributed by atoms with Crippen molar-refractivity contribution in [1.29, 1.82) is 0 Å². The molecule has 0 aliphatic carbocycles. The number of carbonyl (C=O) groups is 1. The van der Waals surface area contributed by atoms with Crippen LogP contribution in [0.1, 0.15) is 37.8 Å². The van der Waals surface area contributed by atoms with E-state index >= 15 is 0 Å². The first-order valence-electron chi connectivity index (χ1n) is 7.88. The minimum atomic E-state index is 0.0507. The number of amides is 1. The number of anilines is 1. The molecule has 0 atom stereocenters. The van der Waals surface area contributed by atoms with E-state index in [1.54, 1.807) is 7.05 Å². The number of hydrogen-bond donors (Lipinski definition) is 2. The van der Waals surface area contributed by atoms with E-state index in [1.807, 2.05) is 0 Å². The number of carbonyl (C=O) groups excluding carboxylic acids is 1. The van der Waals surface area contributed by atoms with Crippen molar-refractivity contribution in [2.75, 3.05) is 31.6 Å². The maximum atomic E-state index is 11.6. The highest BCUT2D eigenvalue weighted by Gasteiger charge is 2.11. The maximum Gasteiger partial charge on any atom is 0.239 e. The quantitative estimate of drug-likeness (QED) is 0.687. The molecule has 0 fully saturated rings. The predicted molar refractivity (Wildman–Crippen MR) is 89.7 cm³/mol. The van der Waals surface area contributed by atoms with Crippen LogP contribution in [0, 0.1) is 6.92 Å². The molecule has 0 radical (unpaired) electrons. The van der Waals surface area contributed by atoms with Crippen LogP contribution in [0.15, 0.2) is 18.2 Å². The first kappa shape index (κ1) is 17.5. The van der Waals surface area contributed by atoms with Crippen molar-refractivity contribution in [1.82, 2.24) is 10.6 Å². The highest BCUT2D eigenvalue weighted by molar-refractivity contribution is 5.81. The smallest absolute Gasteiger partial charge is 0.239 e. The lowest BCUT2D eigenvalue weighted by Gasteiger charge is -2.24. The zero-order valence-electron chi connectivity index (χ0n) is 13.8. The Balaban J connectivity index is 2.80. The number of hydrogen-bond acceptors (Lipinski definition) is 3. The number of likely N-dealkylation sites (N-methyl/N-ethyl adjacent to an activating group) is 1. The molecule has 1 rings (SSSR count). The van der Waals surface area contributed by atoms with Crippen molar-refractivity contribution in [2.45, 2.75) is 40.2 Å². The summed E-state index contributed by atoms with van der Waals surface area (Å²) in [4.78, 5) is 13.8. The molecule has 1 aromatic carbocycles. The minimum Gasteiger partial charge on any atom is -0.362 e. The Morgan fingerprint density at radius 3 is 2.57 bits per heavy atom. The van der Waals surface area contributed by atoms with Gasteiger partial charge < -0.3 is 15.5 Å². The molecule has 0 aromatic heterocycles. The molecule has 2 N–H and O–H groups in total. The molecule has 0 aliphatic rings. The number of benzene rings is 1. The van der Waals surface area contributed by atoms with E-state index in [1.165, 1.54) is 11.1 Å². The Hall–Kier alpha value is -1.55. The first-order valence-corrected chi connectivity index (χ1v) is 7.88. The number of rotatable bonds is 9. The standard InChI is InChI=1S/C17H29N3O/c1-5-9-19-12-15-7-8-16(11-14(15)3)20(10-6-2)13-17(21)18-4/h7-8,11,19H,5-6,9-10,12-13H2,1-4H3,(H,18,21). The van der Waals surface area contributed by atoms with E-state index in [4.69, 9.17) is 0 Å². The molecule has 1 amide bonds. The third-order valence-electron chi connectivity index (χ3n) is 3.54. The number of aryl methyl sites for hydroxylation is 1. The second-order valence-corrected chi connectivity index (χ2v) is 5.38. The van der Waals surface area contributed by atoms with Crippen molar-refractivity contribution in [3.63, 3.8) is 0 Å². The van der Waals surface area contributed by atoms with Crippen LogP contribution in [-0.4, -0.2) is 32.6 Å². The van der Waals surface area contributed by atoms with E-state index in [2.05, 4.69) is 54.5 Å². The molecule has 0 unspecified atom stereocenters. The Morgan fingerprint density at radius 2 is 2.00 bits per heavy atom. The summed E-state index contributed by atoms with van der Waals surface area (Å²) in [5.41, 5.74) is 3.72. The SMILES string of the molecule is CCCNCc1ccc(N(CCC)CC(=O)NC)cc1C. The molecule has 0 aliphatic heterocycles. The molecular weight excluding hydrogens is 262 g/mol. The van der Waals surface area contributed by atoms with Crippen LogP contribution in [0.25, 0.3) is 0 Å². The van der Waals surface area contributed by atoms with Gasteiger partial charge in [-0.3, -0.25) is 4.79 Å². The summed E-state index contributed by atoms with van der Waals surface area (Å²) in [5, 5.41) is 6.12. The predicted octanol–water partition coefficient (Wildman–Crippen LogP) is 2.46. The van der Waals surface area contributed by atoms with Gasteiger partial charge in [-0.2, -0.15) is 0 Å². The normalized spacial score (nSPS) is 10.5. The third kappa shape index (κ3) is 5.76. The van der Waals surface area contributed by atoms with Crippen molar-refractivity contribution in [2.24, 2.45) is 0 Å². The van der Waals surface area contributed by atoms with Crippen molar-refractivity contribution >= 4 is 11.6 Å². The molecule has 4 nitrogen and oxygen atoms in total. The van der Waals surface area contributed by atoms with Gasteiger partial charge in [0, 0.05) is 25.8 Å². The Kier molecular flexibility index (Phi) is 7.83. The van der Waals surface area contributed by atoms with E-state index < -0.39 is 0 Å². The lowest BCUT2D eigenvalue weighted by molar-refractivity contribution is -0.119. The third-order valence-corrected chi connectivity index (χ3v) is 3.54. The van der Waals surface area contributed by atoms with Crippen LogP contribution in [0.2, 0.25) is 0 Å². The summed E-state index contributed by atoms with van der Waals surface area (Å²) in [6, 6.07) is 6.47. The zero-order valence-corrected chi connectivity index (χ0v) is 13.8. The number of nitrogens with one attached hydrogen (secondary N) is 2. The minimum absolute atomic E-state index is 0.0507. The monoisotopic (exact) mass is 291 g/mol. The summed E-state index contributed by atoms with van der Waals surface area (Å²) in [5.74, 6) is 0.0507. The molecule has 1 aromatic rings. The van der Waals surface area contributed by atoms with Gasteiger partial charge in [0.2, 0.25) is 5.91 Å². The Morgan fingerprint density at radius 1 is 1.24 bits per heavy atom. The fourth-order valence-electron chi connectivity index (χ4n) is 2.30. The van der Waals surface area contributed by atoms with E-state index in [9.17, 15) is 4.79 Å². The molecular formula is C17H29N3O. The van der Waals surface area contributed by atoms with Gasteiger partial charge in [-0.05, 0) is 49.6 Å². The fourth-order valence-corrected chi connectivity index (χ4v) is 2.30. The van der Waals surface area contributed by atoms with Gasteiger partial charge in [0.25, 0.3) is 0 Å². The molecule has 21 heavy (non-hydrogen) atoms. The van der Waals surface area contributed by atoms with Crippen LogP contribution < -0.4 is 15.5 Å². The lowest BCUT2D eigenvalue weighted by Crippen LogP contribution is -2.36. The van der Waals surface area contributed by atoms with E-state index in [-0.39, 0.29) is 5.91 Å². The van der Waals surface area contributed by atoms with Crippen LogP contribution in [0.3, 0.4) is 0 Å². The van der Waals surface area contributed by atoms with Crippen LogP contribution in [0.4, 0.5) is 5.69 Å². The Labute approximate surface area is 128 Å². The molecule has 0 heterocycles. The summed E-state index contributed by atoms with van der Waals surface area (Å²) >= 11 is 0. The van der Waals surface area contributed by atoms with Crippen LogP contribution >= 0.6 is 0 Å². The molecule has 0 spiro atoms. The molecule has 4 heteroatoms. The Bertz CT molecular complexity index is 446. The maximum absolute atomic E-state index is 11.6. The van der Waals surface area contributed by atoms with E-state index in [0.29, 0.717) is 6.54 Å². The highest BCUT2D eigenvalue weighted by Crippen LogP contribution is 2.19. The fraction of sp³-hybridized carbons (Fsp3) is 0.588. The number of nitrogens with zero attached hydrogens (tertiary/aromatic N) is 1. The van der Waals surface area contributed by atoms with Gasteiger partial charge in [-0.25, -0.2) is 0 Å².